The lowest BCUT2D eigenvalue weighted by Gasteiger charge is -2.12. The highest BCUT2D eigenvalue weighted by molar-refractivity contribution is 6.04. The second-order valence-electron chi connectivity index (χ2n) is 6.68. The minimum Gasteiger partial charge on any atom is -0.495 e. The molecular formula is C24H20N2O3. The summed E-state index contributed by atoms with van der Waals surface area (Å²) in [6.07, 6.45) is 1.59. The fourth-order valence-electron chi connectivity index (χ4n) is 3.35. The van der Waals surface area contributed by atoms with E-state index in [0.29, 0.717) is 23.5 Å². The Hall–Kier alpha value is -3.86. The van der Waals surface area contributed by atoms with Crippen LogP contribution in [0.25, 0.3) is 10.8 Å². The van der Waals surface area contributed by atoms with Gasteiger partial charge in [-0.05, 0) is 34.5 Å². The molecule has 1 amide bonds. The predicted molar refractivity (Wildman–Crippen MR) is 115 cm³/mol. The van der Waals surface area contributed by atoms with Gasteiger partial charge in [-0.15, -0.1) is 0 Å². The number of fused-ring (bicyclic) bond motifs is 1. The maximum atomic E-state index is 12.7. The van der Waals surface area contributed by atoms with Crippen LogP contribution in [0, 0.1) is 0 Å². The normalized spacial score (nSPS) is 10.7. The van der Waals surface area contributed by atoms with Crippen molar-refractivity contribution in [2.45, 2.75) is 6.54 Å². The van der Waals surface area contributed by atoms with Crippen LogP contribution >= 0.6 is 0 Å². The molecule has 5 nitrogen and oxygen atoms in total. The third-order valence-electron chi connectivity index (χ3n) is 4.82. The van der Waals surface area contributed by atoms with Crippen LogP contribution in [-0.2, 0) is 6.54 Å². The zero-order valence-corrected chi connectivity index (χ0v) is 16.0. The first kappa shape index (κ1) is 18.5. The molecule has 0 radical (unpaired) electrons. The number of nitrogens with zero attached hydrogens (tertiary/aromatic N) is 1. The molecule has 0 bridgehead atoms. The van der Waals surface area contributed by atoms with Crippen molar-refractivity contribution >= 4 is 22.4 Å². The molecule has 0 atom stereocenters. The van der Waals surface area contributed by atoms with Gasteiger partial charge in [0.25, 0.3) is 11.5 Å². The van der Waals surface area contributed by atoms with Crippen LogP contribution in [0.5, 0.6) is 5.75 Å². The lowest BCUT2D eigenvalue weighted by molar-refractivity contribution is 0.102. The molecule has 0 saturated heterocycles. The molecule has 0 unspecified atom stereocenters. The van der Waals surface area contributed by atoms with E-state index in [1.54, 1.807) is 30.0 Å². The van der Waals surface area contributed by atoms with Crippen molar-refractivity contribution < 1.29 is 9.53 Å². The van der Waals surface area contributed by atoms with E-state index in [9.17, 15) is 9.59 Å². The molecule has 3 aromatic carbocycles. The standard InChI is InChI=1S/C24H20N2O3/c1-29-22-12-5-4-11-21(22)25-24(28)19-13-14-23(27)26(16-19)15-18-9-6-8-17-7-2-3-10-20(17)18/h2-14,16H,15H2,1H3,(H,25,28). The zero-order chi connectivity index (χ0) is 20.2. The fourth-order valence-corrected chi connectivity index (χ4v) is 3.35. The Kier molecular flexibility index (Phi) is 5.12. The van der Waals surface area contributed by atoms with E-state index in [1.807, 2.05) is 54.6 Å². The summed E-state index contributed by atoms with van der Waals surface area (Å²) < 4.78 is 6.83. The third-order valence-corrected chi connectivity index (χ3v) is 4.82. The number of hydrogen-bond donors (Lipinski definition) is 1. The second kappa shape index (κ2) is 8.02. The number of nitrogens with one attached hydrogen (secondary N) is 1. The van der Waals surface area contributed by atoms with Crippen LogP contribution in [0.15, 0.2) is 89.9 Å². The molecular weight excluding hydrogens is 364 g/mol. The Morgan fingerprint density at radius 3 is 2.55 bits per heavy atom. The van der Waals surface area contributed by atoms with Gasteiger partial charge in [-0.1, -0.05) is 54.6 Å². The molecule has 1 N–H and O–H groups in total. The van der Waals surface area contributed by atoms with Crippen molar-refractivity contribution in [1.29, 1.82) is 0 Å². The smallest absolute Gasteiger partial charge is 0.257 e. The van der Waals surface area contributed by atoms with E-state index < -0.39 is 0 Å². The van der Waals surface area contributed by atoms with Crippen LogP contribution in [-0.4, -0.2) is 17.6 Å². The number of anilines is 1. The molecule has 0 aliphatic carbocycles. The van der Waals surface area contributed by atoms with Crippen molar-refractivity contribution in [2.75, 3.05) is 12.4 Å². The number of rotatable bonds is 5. The van der Waals surface area contributed by atoms with E-state index in [-0.39, 0.29) is 11.5 Å². The van der Waals surface area contributed by atoms with Gasteiger partial charge in [0, 0.05) is 12.3 Å². The fraction of sp³-hybridized carbons (Fsp3) is 0.0833. The molecule has 0 fully saturated rings. The molecule has 1 heterocycles. The highest BCUT2D eigenvalue weighted by Gasteiger charge is 2.11. The number of amides is 1. The molecule has 0 spiro atoms. The van der Waals surface area contributed by atoms with E-state index in [0.717, 1.165) is 16.3 Å². The van der Waals surface area contributed by atoms with Crippen LogP contribution in [0.3, 0.4) is 0 Å². The second-order valence-corrected chi connectivity index (χ2v) is 6.68. The van der Waals surface area contributed by atoms with Gasteiger partial charge in [0.2, 0.25) is 0 Å². The number of hydrogen-bond acceptors (Lipinski definition) is 3. The monoisotopic (exact) mass is 384 g/mol. The molecule has 0 saturated carbocycles. The number of para-hydroxylation sites is 2. The average molecular weight is 384 g/mol. The molecule has 5 heteroatoms. The third kappa shape index (κ3) is 3.89. The Morgan fingerprint density at radius 1 is 0.931 bits per heavy atom. The molecule has 4 rings (SSSR count). The number of methoxy groups -OCH3 is 1. The molecule has 29 heavy (non-hydrogen) atoms. The maximum absolute atomic E-state index is 12.7. The first-order valence-corrected chi connectivity index (χ1v) is 9.27. The summed E-state index contributed by atoms with van der Waals surface area (Å²) >= 11 is 0. The lowest BCUT2D eigenvalue weighted by Crippen LogP contribution is -2.22. The van der Waals surface area contributed by atoms with Crippen molar-refractivity contribution in [2.24, 2.45) is 0 Å². The SMILES string of the molecule is COc1ccccc1NC(=O)c1ccc(=O)n(Cc2cccc3ccccc23)c1. The van der Waals surface area contributed by atoms with Crippen molar-refractivity contribution in [3.05, 3.63) is 107 Å². The van der Waals surface area contributed by atoms with Gasteiger partial charge in [-0.25, -0.2) is 0 Å². The molecule has 0 aliphatic rings. The minimum absolute atomic E-state index is 0.160. The van der Waals surface area contributed by atoms with E-state index in [1.165, 1.54) is 12.1 Å². The minimum atomic E-state index is -0.304. The molecule has 0 aliphatic heterocycles. The Labute approximate surface area is 168 Å². The molecule has 144 valence electrons. The summed E-state index contributed by atoms with van der Waals surface area (Å²) in [7, 11) is 1.55. The maximum Gasteiger partial charge on any atom is 0.257 e. The number of pyridine rings is 1. The van der Waals surface area contributed by atoms with Gasteiger partial charge in [0.15, 0.2) is 0 Å². The van der Waals surface area contributed by atoms with Crippen LogP contribution in [0.1, 0.15) is 15.9 Å². The number of carbonyl (C=O) groups excluding carboxylic acids is 1. The number of aromatic nitrogens is 1. The van der Waals surface area contributed by atoms with E-state index >= 15 is 0 Å². The topological polar surface area (TPSA) is 60.3 Å². The van der Waals surface area contributed by atoms with Gasteiger partial charge < -0.3 is 14.6 Å². The van der Waals surface area contributed by atoms with Crippen molar-refractivity contribution in [1.82, 2.24) is 4.57 Å². The number of ether oxygens (including phenoxy) is 1. The summed E-state index contributed by atoms with van der Waals surface area (Å²) in [5.41, 5.74) is 1.84. The number of benzene rings is 3. The van der Waals surface area contributed by atoms with Gasteiger partial charge in [-0.3, -0.25) is 9.59 Å². The summed E-state index contributed by atoms with van der Waals surface area (Å²) in [5.74, 6) is 0.270. The Morgan fingerprint density at radius 2 is 1.69 bits per heavy atom. The van der Waals surface area contributed by atoms with Gasteiger partial charge in [0.05, 0.1) is 24.9 Å². The first-order valence-electron chi connectivity index (χ1n) is 9.27. The van der Waals surface area contributed by atoms with Crippen LogP contribution in [0.2, 0.25) is 0 Å². The highest BCUT2D eigenvalue weighted by atomic mass is 16.5. The molecule has 4 aromatic rings. The van der Waals surface area contributed by atoms with Crippen molar-refractivity contribution in [3.8, 4) is 5.75 Å². The quantitative estimate of drug-likeness (QED) is 0.558. The summed E-state index contributed by atoms with van der Waals surface area (Å²) in [4.78, 5) is 25.1. The lowest BCUT2D eigenvalue weighted by atomic mass is 10.0. The van der Waals surface area contributed by atoms with E-state index in [2.05, 4.69) is 5.32 Å². The van der Waals surface area contributed by atoms with E-state index in [4.69, 9.17) is 4.74 Å². The summed E-state index contributed by atoms with van der Waals surface area (Å²) in [6.45, 7) is 0.385. The van der Waals surface area contributed by atoms with Gasteiger partial charge >= 0.3 is 0 Å². The first-order chi connectivity index (χ1) is 14.2. The number of carbonyl (C=O) groups is 1. The average Bonchev–Trinajstić information content (AvgIpc) is 2.76. The summed E-state index contributed by atoms with van der Waals surface area (Å²) in [6, 6.07) is 24.2. The van der Waals surface area contributed by atoms with Crippen LogP contribution in [0.4, 0.5) is 5.69 Å². The highest BCUT2D eigenvalue weighted by Crippen LogP contribution is 2.24. The zero-order valence-electron chi connectivity index (χ0n) is 16.0. The van der Waals surface area contributed by atoms with Crippen LogP contribution < -0.4 is 15.6 Å². The van der Waals surface area contributed by atoms with Crippen molar-refractivity contribution in [3.63, 3.8) is 0 Å². The predicted octanol–water partition coefficient (Wildman–Crippen LogP) is 4.31. The summed E-state index contributed by atoms with van der Waals surface area (Å²) in [5, 5.41) is 5.04. The van der Waals surface area contributed by atoms with Gasteiger partial charge in [0.1, 0.15) is 5.75 Å². The largest absolute Gasteiger partial charge is 0.495 e. The Balaban J connectivity index is 1.64. The Bertz CT molecular complexity index is 1240. The van der Waals surface area contributed by atoms with Gasteiger partial charge in [-0.2, -0.15) is 0 Å². The molecule has 1 aromatic heterocycles.